The number of piperidine rings is 1. The highest BCUT2D eigenvalue weighted by atomic mass is 16.5. The van der Waals surface area contributed by atoms with Gasteiger partial charge in [0, 0.05) is 18.9 Å². The number of likely N-dealkylation sites (tertiary alicyclic amines) is 1. The van der Waals surface area contributed by atoms with Crippen molar-refractivity contribution in [2.75, 3.05) is 27.3 Å². The number of amides is 1. The van der Waals surface area contributed by atoms with Crippen molar-refractivity contribution in [1.82, 2.24) is 9.88 Å². The van der Waals surface area contributed by atoms with Crippen molar-refractivity contribution in [3.63, 3.8) is 0 Å². The van der Waals surface area contributed by atoms with E-state index in [1.165, 1.54) is 0 Å². The van der Waals surface area contributed by atoms with Gasteiger partial charge in [0.25, 0.3) is 0 Å². The molecule has 6 nitrogen and oxygen atoms in total. The van der Waals surface area contributed by atoms with Gasteiger partial charge in [-0.2, -0.15) is 0 Å². The number of methoxy groups -OCH3 is 2. The van der Waals surface area contributed by atoms with E-state index in [1.807, 2.05) is 30.5 Å². The first-order valence-electron chi connectivity index (χ1n) is 11.3. The van der Waals surface area contributed by atoms with Crippen molar-refractivity contribution in [2.45, 2.75) is 25.8 Å². The summed E-state index contributed by atoms with van der Waals surface area (Å²) >= 11 is 0. The summed E-state index contributed by atoms with van der Waals surface area (Å²) in [5, 5.41) is 0. The van der Waals surface area contributed by atoms with Crippen LogP contribution < -0.4 is 15.2 Å². The monoisotopic (exact) mass is 445 g/mol. The van der Waals surface area contributed by atoms with Crippen LogP contribution in [-0.4, -0.2) is 43.1 Å². The number of carbonyl (C=O) groups excluding carboxylic acids is 1. The molecule has 0 radical (unpaired) electrons. The van der Waals surface area contributed by atoms with E-state index in [0.29, 0.717) is 6.42 Å². The summed E-state index contributed by atoms with van der Waals surface area (Å²) in [6.45, 7) is 2.45. The van der Waals surface area contributed by atoms with E-state index in [2.05, 4.69) is 40.2 Å². The molecule has 1 fully saturated rings. The first-order chi connectivity index (χ1) is 16.0. The summed E-state index contributed by atoms with van der Waals surface area (Å²) in [5.41, 5.74) is 9.92. The molecule has 0 saturated carbocycles. The van der Waals surface area contributed by atoms with Crippen LogP contribution in [0.4, 0.5) is 0 Å². The summed E-state index contributed by atoms with van der Waals surface area (Å²) in [6, 6.07) is 18.4. The number of nitrogens with zero attached hydrogens (tertiary/aromatic N) is 2. The molecule has 2 N–H and O–H groups in total. The lowest BCUT2D eigenvalue weighted by atomic mass is 9.73. The molecule has 2 aromatic carbocycles. The highest BCUT2D eigenvalue weighted by Gasteiger charge is 2.39. The van der Waals surface area contributed by atoms with Crippen LogP contribution in [-0.2, 0) is 17.8 Å². The SMILES string of the molecule is COc1ccc(CN2CCC(Cc3ccc(-c4cccnc4)cc3)(C(N)=O)CC2)cc1OC. The summed E-state index contributed by atoms with van der Waals surface area (Å²) in [4.78, 5) is 19.1. The summed E-state index contributed by atoms with van der Waals surface area (Å²) in [7, 11) is 3.28. The van der Waals surface area contributed by atoms with E-state index in [9.17, 15) is 4.79 Å². The summed E-state index contributed by atoms with van der Waals surface area (Å²) in [6.07, 6.45) is 5.79. The van der Waals surface area contributed by atoms with Gasteiger partial charge in [-0.3, -0.25) is 14.7 Å². The molecule has 1 aliphatic heterocycles. The normalized spacial score (nSPS) is 15.7. The quantitative estimate of drug-likeness (QED) is 0.565. The first-order valence-corrected chi connectivity index (χ1v) is 11.3. The molecule has 0 bridgehead atoms. The lowest BCUT2D eigenvalue weighted by Crippen LogP contribution is -2.48. The van der Waals surface area contributed by atoms with E-state index in [4.69, 9.17) is 15.2 Å². The third kappa shape index (κ3) is 5.17. The maximum Gasteiger partial charge on any atom is 0.224 e. The highest BCUT2D eigenvalue weighted by molar-refractivity contribution is 5.81. The molecule has 6 heteroatoms. The van der Waals surface area contributed by atoms with Gasteiger partial charge in [0.05, 0.1) is 19.6 Å². The zero-order valence-corrected chi connectivity index (χ0v) is 19.3. The second-order valence-corrected chi connectivity index (χ2v) is 8.73. The average Bonchev–Trinajstić information content (AvgIpc) is 2.86. The van der Waals surface area contributed by atoms with Crippen LogP contribution in [0.2, 0.25) is 0 Å². The van der Waals surface area contributed by atoms with E-state index in [1.54, 1.807) is 20.4 Å². The lowest BCUT2D eigenvalue weighted by molar-refractivity contribution is -0.130. The Morgan fingerprint density at radius 3 is 2.27 bits per heavy atom. The van der Waals surface area contributed by atoms with Crippen LogP contribution in [0.25, 0.3) is 11.1 Å². The van der Waals surface area contributed by atoms with Gasteiger partial charge in [0.1, 0.15) is 0 Å². The van der Waals surface area contributed by atoms with Crippen LogP contribution in [0, 0.1) is 5.41 Å². The van der Waals surface area contributed by atoms with Gasteiger partial charge in [-0.25, -0.2) is 0 Å². The molecule has 0 atom stereocenters. The number of ether oxygens (including phenoxy) is 2. The highest BCUT2D eigenvalue weighted by Crippen LogP contribution is 2.36. The molecule has 33 heavy (non-hydrogen) atoms. The van der Waals surface area contributed by atoms with Crippen LogP contribution >= 0.6 is 0 Å². The zero-order valence-electron chi connectivity index (χ0n) is 19.3. The van der Waals surface area contributed by atoms with Gasteiger partial charge in [0.15, 0.2) is 11.5 Å². The Hall–Kier alpha value is -3.38. The van der Waals surface area contributed by atoms with Gasteiger partial charge >= 0.3 is 0 Å². The number of nitrogens with two attached hydrogens (primary N) is 1. The van der Waals surface area contributed by atoms with Crippen molar-refractivity contribution in [3.05, 3.63) is 78.1 Å². The number of hydrogen-bond acceptors (Lipinski definition) is 5. The fraction of sp³-hybridized carbons (Fsp3) is 0.333. The Balaban J connectivity index is 1.41. The smallest absolute Gasteiger partial charge is 0.224 e. The Morgan fingerprint density at radius 1 is 0.970 bits per heavy atom. The lowest BCUT2D eigenvalue weighted by Gasteiger charge is -2.40. The Morgan fingerprint density at radius 2 is 1.67 bits per heavy atom. The van der Waals surface area contributed by atoms with Gasteiger partial charge in [-0.15, -0.1) is 0 Å². The molecular weight excluding hydrogens is 414 g/mol. The number of pyridine rings is 1. The molecule has 2 heterocycles. The second kappa shape index (κ2) is 10.0. The van der Waals surface area contributed by atoms with Crippen molar-refractivity contribution >= 4 is 5.91 Å². The molecule has 172 valence electrons. The molecule has 0 spiro atoms. The van der Waals surface area contributed by atoms with Crippen molar-refractivity contribution in [1.29, 1.82) is 0 Å². The predicted molar refractivity (Wildman–Crippen MR) is 129 cm³/mol. The maximum absolute atomic E-state index is 12.6. The van der Waals surface area contributed by atoms with Crippen molar-refractivity contribution in [2.24, 2.45) is 11.1 Å². The molecule has 1 amide bonds. The van der Waals surface area contributed by atoms with Gasteiger partial charge in [0.2, 0.25) is 5.91 Å². The zero-order chi connectivity index (χ0) is 23.3. The van der Waals surface area contributed by atoms with Gasteiger partial charge in [-0.1, -0.05) is 36.4 Å². The summed E-state index contributed by atoms with van der Waals surface area (Å²) in [5.74, 6) is 1.25. The fourth-order valence-electron chi connectivity index (χ4n) is 4.63. The molecule has 3 aromatic rings. The molecule has 1 aliphatic rings. The number of rotatable bonds is 8. The molecular formula is C27H31N3O3. The van der Waals surface area contributed by atoms with Crippen molar-refractivity contribution in [3.8, 4) is 22.6 Å². The van der Waals surface area contributed by atoms with E-state index >= 15 is 0 Å². The van der Waals surface area contributed by atoms with Crippen LogP contribution in [0.15, 0.2) is 67.0 Å². The maximum atomic E-state index is 12.6. The minimum Gasteiger partial charge on any atom is -0.493 e. The Kier molecular flexibility index (Phi) is 6.94. The summed E-state index contributed by atoms with van der Waals surface area (Å²) < 4.78 is 10.8. The third-order valence-electron chi connectivity index (χ3n) is 6.68. The molecule has 0 aliphatic carbocycles. The standard InChI is InChI=1S/C27H31N3O3/c1-32-24-10-7-21(16-25(24)33-2)19-30-14-11-27(12-15-30,26(28)31)17-20-5-8-22(9-6-20)23-4-3-13-29-18-23/h3-10,13,16,18H,11-12,14-15,17,19H2,1-2H3,(H2,28,31). The predicted octanol–water partition coefficient (Wildman–Crippen LogP) is 4.08. The minimum atomic E-state index is -0.510. The van der Waals surface area contributed by atoms with Crippen LogP contribution in [0.1, 0.15) is 24.0 Å². The molecule has 1 saturated heterocycles. The fourth-order valence-corrected chi connectivity index (χ4v) is 4.63. The third-order valence-corrected chi connectivity index (χ3v) is 6.68. The molecule has 1 aromatic heterocycles. The Labute approximate surface area is 195 Å². The number of benzene rings is 2. The topological polar surface area (TPSA) is 77.7 Å². The largest absolute Gasteiger partial charge is 0.493 e. The van der Waals surface area contributed by atoms with E-state index in [0.717, 1.165) is 66.2 Å². The number of hydrogen-bond donors (Lipinski definition) is 1. The van der Waals surface area contributed by atoms with Crippen LogP contribution in [0.3, 0.4) is 0 Å². The average molecular weight is 446 g/mol. The van der Waals surface area contributed by atoms with Crippen molar-refractivity contribution < 1.29 is 14.3 Å². The number of primary amides is 1. The van der Waals surface area contributed by atoms with E-state index < -0.39 is 5.41 Å². The first kappa shape index (κ1) is 22.8. The number of aromatic nitrogens is 1. The molecule has 0 unspecified atom stereocenters. The van der Waals surface area contributed by atoms with Gasteiger partial charge in [-0.05, 0) is 72.8 Å². The van der Waals surface area contributed by atoms with Gasteiger partial charge < -0.3 is 15.2 Å². The van der Waals surface area contributed by atoms with Crippen LogP contribution in [0.5, 0.6) is 11.5 Å². The Bertz CT molecular complexity index is 1080. The second-order valence-electron chi connectivity index (χ2n) is 8.73. The van der Waals surface area contributed by atoms with E-state index in [-0.39, 0.29) is 5.91 Å². The molecule has 4 rings (SSSR count). The number of carbonyl (C=O) groups is 1. The minimum absolute atomic E-state index is 0.204.